The number of aromatic nitrogens is 1. The number of hydrogen-bond acceptors (Lipinski definition) is 4. The van der Waals surface area contributed by atoms with Crippen LogP contribution in [0.15, 0.2) is 27.5 Å². The summed E-state index contributed by atoms with van der Waals surface area (Å²) in [5.41, 5.74) is 0.695. The van der Waals surface area contributed by atoms with Crippen molar-refractivity contribution in [1.82, 2.24) is 4.98 Å². The van der Waals surface area contributed by atoms with E-state index in [0.29, 0.717) is 9.41 Å². The lowest BCUT2D eigenvalue weighted by atomic mass is 10.3. The number of benzene rings is 1. The lowest BCUT2D eigenvalue weighted by Crippen LogP contribution is -2.12. The monoisotopic (exact) mass is 324 g/mol. The second-order valence-corrected chi connectivity index (χ2v) is 5.07. The first-order valence-electron chi connectivity index (χ1n) is 3.56. The van der Waals surface area contributed by atoms with Gasteiger partial charge in [-0.3, -0.25) is 0 Å². The molecule has 0 unspecified atom stereocenters. The van der Waals surface area contributed by atoms with E-state index in [1.165, 1.54) is 6.07 Å². The topological polar surface area (TPSA) is 86.2 Å². The predicted molar refractivity (Wildman–Crippen MR) is 58.1 cm³/mol. The van der Waals surface area contributed by atoms with Crippen LogP contribution in [0, 0.1) is 3.90 Å². The minimum absolute atomic E-state index is 0.0367. The maximum atomic E-state index is 11.1. The molecule has 0 amide bonds. The number of sulfonamides is 1. The maximum Gasteiger partial charge on any atom is 0.258 e. The van der Waals surface area contributed by atoms with Gasteiger partial charge in [0.25, 0.3) is 3.90 Å². The van der Waals surface area contributed by atoms with E-state index < -0.39 is 10.0 Å². The van der Waals surface area contributed by atoms with E-state index in [4.69, 9.17) is 9.56 Å². The van der Waals surface area contributed by atoms with E-state index in [-0.39, 0.29) is 10.5 Å². The molecule has 0 saturated carbocycles. The fourth-order valence-corrected chi connectivity index (χ4v) is 2.27. The Labute approximate surface area is 93.5 Å². The zero-order valence-corrected chi connectivity index (χ0v) is 9.74. The van der Waals surface area contributed by atoms with Gasteiger partial charge >= 0.3 is 0 Å². The van der Waals surface area contributed by atoms with Gasteiger partial charge in [-0.05, 0) is 12.1 Å². The van der Waals surface area contributed by atoms with Crippen LogP contribution in [0.4, 0.5) is 0 Å². The van der Waals surface area contributed by atoms with E-state index in [0.717, 1.165) is 0 Å². The molecule has 0 atom stereocenters. The first-order chi connectivity index (χ1) is 6.48. The Morgan fingerprint density at radius 2 is 2.14 bits per heavy atom. The van der Waals surface area contributed by atoms with Crippen molar-refractivity contribution >= 4 is 43.7 Å². The van der Waals surface area contributed by atoms with Crippen molar-refractivity contribution in [2.75, 3.05) is 0 Å². The molecule has 1 heterocycles. The molecule has 0 bridgehead atoms. The first-order valence-corrected chi connectivity index (χ1v) is 6.19. The molecule has 1 aromatic carbocycles. The molecule has 74 valence electrons. The number of rotatable bonds is 1. The van der Waals surface area contributed by atoms with Crippen LogP contribution in [0.3, 0.4) is 0 Å². The molecule has 2 rings (SSSR count). The number of nitrogens with zero attached hydrogens (tertiary/aromatic N) is 1. The Morgan fingerprint density at radius 3 is 2.79 bits per heavy atom. The van der Waals surface area contributed by atoms with Crippen LogP contribution in [0.1, 0.15) is 0 Å². The molecule has 0 radical (unpaired) electrons. The largest absolute Gasteiger partial charge is 0.430 e. The molecule has 5 nitrogen and oxygen atoms in total. The van der Waals surface area contributed by atoms with E-state index in [9.17, 15) is 8.42 Å². The van der Waals surface area contributed by atoms with Crippen LogP contribution in [0.2, 0.25) is 0 Å². The third-order valence-corrected chi connectivity index (χ3v) is 3.06. The molecule has 2 N–H and O–H groups in total. The third kappa shape index (κ3) is 1.62. The number of nitrogens with two attached hydrogens (primary N) is 1. The lowest BCUT2D eigenvalue weighted by Gasteiger charge is -1.96. The van der Waals surface area contributed by atoms with Gasteiger partial charge in [0.1, 0.15) is 10.4 Å². The van der Waals surface area contributed by atoms with Crippen LogP contribution in [-0.4, -0.2) is 13.4 Å². The molecule has 0 fully saturated rings. The van der Waals surface area contributed by atoms with Crippen LogP contribution in [0.5, 0.6) is 0 Å². The van der Waals surface area contributed by atoms with E-state index in [1.54, 1.807) is 12.1 Å². The van der Waals surface area contributed by atoms with Crippen LogP contribution < -0.4 is 5.14 Å². The predicted octanol–water partition coefficient (Wildman–Crippen LogP) is 1.08. The summed E-state index contributed by atoms with van der Waals surface area (Å²) in [4.78, 5) is 3.95. The molecule has 1 aromatic heterocycles. The number of hydrogen-bond donors (Lipinski definition) is 1. The fourth-order valence-electron chi connectivity index (χ4n) is 1.12. The normalized spacial score (nSPS) is 12.1. The average Bonchev–Trinajstić information content (AvgIpc) is 2.41. The standard InChI is InChI=1S/C7H5IN2O3S/c8-7-10-4-2-1-3-5(6(4)13-7)14(9,11)12/h1-3H,(H2,9,11,12). The number of primary sulfonamides is 1. The molecule has 0 aliphatic heterocycles. The Morgan fingerprint density at radius 1 is 1.43 bits per heavy atom. The van der Waals surface area contributed by atoms with E-state index in [2.05, 4.69) is 4.98 Å². The van der Waals surface area contributed by atoms with Crippen LogP contribution in [0.25, 0.3) is 11.1 Å². The summed E-state index contributed by atoms with van der Waals surface area (Å²) >= 11 is 1.86. The van der Waals surface area contributed by atoms with Gasteiger partial charge in [0.05, 0.1) is 0 Å². The van der Waals surface area contributed by atoms with E-state index >= 15 is 0 Å². The highest BCUT2D eigenvalue weighted by molar-refractivity contribution is 14.1. The second kappa shape index (κ2) is 3.17. The zero-order valence-electron chi connectivity index (χ0n) is 6.77. The quantitative estimate of drug-likeness (QED) is 0.796. The Balaban J connectivity index is 2.90. The summed E-state index contributed by atoms with van der Waals surface area (Å²) in [6, 6.07) is 4.62. The summed E-state index contributed by atoms with van der Waals surface area (Å²) in [6.45, 7) is 0. The van der Waals surface area contributed by atoms with Gasteiger partial charge < -0.3 is 4.42 Å². The molecule has 0 aliphatic rings. The first kappa shape index (κ1) is 9.87. The molecular formula is C7H5IN2O3S. The highest BCUT2D eigenvalue weighted by Crippen LogP contribution is 2.23. The Kier molecular flexibility index (Phi) is 2.24. The van der Waals surface area contributed by atoms with Gasteiger partial charge in [-0.1, -0.05) is 6.07 Å². The van der Waals surface area contributed by atoms with Gasteiger partial charge in [-0.15, -0.1) is 0 Å². The van der Waals surface area contributed by atoms with Gasteiger partial charge in [0.15, 0.2) is 5.58 Å². The highest BCUT2D eigenvalue weighted by Gasteiger charge is 2.16. The van der Waals surface area contributed by atoms with Gasteiger partial charge in [0, 0.05) is 22.6 Å². The molecule has 0 saturated heterocycles. The van der Waals surface area contributed by atoms with Gasteiger partial charge in [-0.25, -0.2) is 18.5 Å². The van der Waals surface area contributed by atoms with Crippen molar-refractivity contribution in [3.05, 3.63) is 22.1 Å². The smallest absolute Gasteiger partial charge is 0.258 e. The number of fused-ring (bicyclic) bond motifs is 1. The highest BCUT2D eigenvalue weighted by atomic mass is 127. The van der Waals surface area contributed by atoms with Gasteiger partial charge in [-0.2, -0.15) is 0 Å². The summed E-state index contributed by atoms with van der Waals surface area (Å²) in [5.74, 6) is 0. The molecule has 0 aliphatic carbocycles. The number of para-hydroxylation sites is 1. The molecule has 0 spiro atoms. The van der Waals surface area contributed by atoms with Crippen molar-refractivity contribution < 1.29 is 12.8 Å². The summed E-state index contributed by atoms with van der Waals surface area (Å²) < 4.78 is 27.8. The SMILES string of the molecule is NS(=O)(=O)c1cccc2nc(I)oc12. The minimum atomic E-state index is -3.75. The summed E-state index contributed by atoms with van der Waals surface area (Å²) in [5, 5.41) is 5.01. The zero-order chi connectivity index (χ0) is 10.3. The molecule has 7 heteroatoms. The number of halogens is 1. The van der Waals surface area contributed by atoms with Gasteiger partial charge in [0.2, 0.25) is 10.0 Å². The van der Waals surface area contributed by atoms with Crippen molar-refractivity contribution in [1.29, 1.82) is 0 Å². The molecular weight excluding hydrogens is 319 g/mol. The molecule has 2 aromatic rings. The Hall–Kier alpha value is -0.670. The van der Waals surface area contributed by atoms with Crippen molar-refractivity contribution in [3.63, 3.8) is 0 Å². The summed E-state index contributed by atoms with van der Waals surface area (Å²) in [6.07, 6.45) is 0. The molecule has 14 heavy (non-hydrogen) atoms. The second-order valence-electron chi connectivity index (χ2n) is 2.62. The minimum Gasteiger partial charge on any atom is -0.430 e. The lowest BCUT2D eigenvalue weighted by molar-refractivity contribution is 0.555. The maximum absolute atomic E-state index is 11.1. The van der Waals surface area contributed by atoms with Crippen LogP contribution >= 0.6 is 22.6 Å². The fraction of sp³-hybridized carbons (Fsp3) is 0. The summed E-state index contributed by atoms with van der Waals surface area (Å²) in [7, 11) is -3.75. The van der Waals surface area contributed by atoms with Crippen LogP contribution in [-0.2, 0) is 10.0 Å². The number of oxazole rings is 1. The third-order valence-electron chi connectivity index (χ3n) is 1.66. The van der Waals surface area contributed by atoms with Crippen molar-refractivity contribution in [3.8, 4) is 0 Å². The Bertz CT molecular complexity index is 590. The average molecular weight is 324 g/mol. The van der Waals surface area contributed by atoms with Crippen molar-refractivity contribution in [2.45, 2.75) is 4.90 Å². The van der Waals surface area contributed by atoms with E-state index in [1.807, 2.05) is 22.6 Å². The van der Waals surface area contributed by atoms with Crippen molar-refractivity contribution in [2.24, 2.45) is 5.14 Å².